The van der Waals surface area contributed by atoms with Gasteiger partial charge in [0.2, 0.25) is 5.91 Å². The lowest BCUT2D eigenvalue weighted by Gasteiger charge is -2.36. The third-order valence-electron chi connectivity index (χ3n) is 6.96. The smallest absolute Gasteiger partial charge is 0.308 e. The van der Waals surface area contributed by atoms with Crippen LogP contribution >= 0.6 is 24.0 Å². The number of esters is 1. The Morgan fingerprint density at radius 1 is 1.27 bits per heavy atom. The van der Waals surface area contributed by atoms with Crippen LogP contribution in [-0.2, 0) is 19.1 Å². The van der Waals surface area contributed by atoms with E-state index in [1.165, 1.54) is 29.3 Å². The largest absolute Gasteiger partial charge is 0.469 e. The Morgan fingerprint density at radius 2 is 2.03 bits per heavy atom. The number of rotatable bonds is 5. The fourth-order valence-corrected chi connectivity index (χ4v) is 6.47. The Kier molecular flexibility index (Phi) is 7.04. The second-order valence-electron chi connectivity index (χ2n) is 9.36. The number of piperazine rings is 1. The fourth-order valence-electron chi connectivity index (χ4n) is 5.09. The van der Waals surface area contributed by atoms with Crippen molar-refractivity contribution in [1.29, 1.82) is 0 Å². The maximum atomic E-state index is 13.8. The molecule has 10 nitrogen and oxygen atoms in total. The predicted molar refractivity (Wildman–Crippen MR) is 144 cm³/mol. The summed E-state index contributed by atoms with van der Waals surface area (Å²) in [6, 6.07) is 2.73. The highest BCUT2D eigenvalue weighted by Gasteiger charge is 2.39. The summed E-state index contributed by atoms with van der Waals surface area (Å²) in [5, 5.41) is 2.77. The summed E-state index contributed by atoms with van der Waals surface area (Å²) in [6.07, 6.45) is 6.93. The molecule has 1 atom stereocenters. The Hall–Kier alpha value is -3.25. The first-order valence-electron chi connectivity index (χ1n) is 12.2. The molecular weight excluding hydrogens is 514 g/mol. The van der Waals surface area contributed by atoms with E-state index in [0.717, 1.165) is 31.2 Å². The lowest BCUT2D eigenvalue weighted by atomic mass is 10.1. The summed E-state index contributed by atoms with van der Waals surface area (Å²) in [5.74, 6) is -0.895. The minimum Gasteiger partial charge on any atom is -0.469 e. The molecule has 3 fully saturated rings. The number of nitrogens with one attached hydrogen (secondary N) is 1. The van der Waals surface area contributed by atoms with Gasteiger partial charge in [-0.2, -0.15) is 0 Å². The number of carbonyl (C=O) groups excluding carboxylic acids is 3. The molecule has 3 aliphatic rings. The summed E-state index contributed by atoms with van der Waals surface area (Å²) in [4.78, 5) is 60.6. The van der Waals surface area contributed by atoms with Gasteiger partial charge >= 0.3 is 5.97 Å². The van der Waals surface area contributed by atoms with Crippen LogP contribution in [0.4, 0.5) is 5.82 Å². The molecule has 2 aliphatic heterocycles. The number of aryl methyl sites for hydroxylation is 1. The number of pyridine rings is 1. The number of hydrogen-bond acceptors (Lipinski definition) is 9. The topological polar surface area (TPSA) is 113 Å². The lowest BCUT2D eigenvalue weighted by molar-refractivity contribution is -0.143. The molecule has 12 heteroatoms. The third-order valence-corrected chi connectivity index (χ3v) is 8.30. The second kappa shape index (κ2) is 10.3. The minimum atomic E-state index is -0.916. The zero-order chi connectivity index (χ0) is 26.3. The van der Waals surface area contributed by atoms with Crippen molar-refractivity contribution < 1.29 is 19.1 Å². The molecule has 2 aromatic heterocycles. The molecule has 194 valence electrons. The SMILES string of the molecule is COC(=O)C[C@H]1C(=O)NCCN1c1nc2ccc(C)cn2c(=O)c1/C=C1\SC(=S)N(C2CCCC2)C1=O. The van der Waals surface area contributed by atoms with Gasteiger partial charge in [0, 0.05) is 25.3 Å². The van der Waals surface area contributed by atoms with Crippen LogP contribution in [-0.4, -0.2) is 68.7 Å². The Balaban J connectivity index is 1.65. The molecule has 0 bridgehead atoms. The molecule has 5 rings (SSSR count). The van der Waals surface area contributed by atoms with Crippen molar-refractivity contribution >= 4 is 63.6 Å². The summed E-state index contributed by atoms with van der Waals surface area (Å²) < 4.78 is 6.72. The van der Waals surface area contributed by atoms with Crippen molar-refractivity contribution in [3.8, 4) is 0 Å². The lowest BCUT2D eigenvalue weighted by Crippen LogP contribution is -2.57. The molecule has 0 aromatic carbocycles. The zero-order valence-electron chi connectivity index (χ0n) is 20.6. The average molecular weight is 542 g/mol. The van der Waals surface area contributed by atoms with Gasteiger partial charge < -0.3 is 15.0 Å². The molecule has 0 unspecified atom stereocenters. The first-order valence-corrected chi connectivity index (χ1v) is 13.4. The second-order valence-corrected chi connectivity index (χ2v) is 11.0. The number of carbonyl (C=O) groups is 3. The van der Waals surface area contributed by atoms with E-state index in [2.05, 4.69) is 5.32 Å². The molecule has 4 heterocycles. The van der Waals surface area contributed by atoms with Crippen LogP contribution in [0.3, 0.4) is 0 Å². The van der Waals surface area contributed by atoms with E-state index in [4.69, 9.17) is 21.9 Å². The van der Waals surface area contributed by atoms with Crippen LogP contribution in [0.1, 0.15) is 43.2 Å². The van der Waals surface area contributed by atoms with Gasteiger partial charge in [0.05, 0.1) is 24.0 Å². The molecule has 2 amide bonds. The maximum absolute atomic E-state index is 13.8. The number of thiocarbonyl (C=S) groups is 1. The van der Waals surface area contributed by atoms with Gasteiger partial charge in [0.1, 0.15) is 21.8 Å². The first kappa shape index (κ1) is 25.4. The molecule has 0 spiro atoms. The highest BCUT2D eigenvalue weighted by Crippen LogP contribution is 2.38. The molecule has 1 saturated carbocycles. The number of methoxy groups -OCH3 is 1. The minimum absolute atomic E-state index is 0.0755. The number of aromatic nitrogens is 2. The average Bonchev–Trinajstić information content (AvgIpc) is 3.49. The van der Waals surface area contributed by atoms with Gasteiger partial charge in [-0.05, 0) is 37.5 Å². The molecule has 37 heavy (non-hydrogen) atoms. The van der Waals surface area contributed by atoms with E-state index < -0.39 is 12.0 Å². The molecule has 2 aromatic rings. The fraction of sp³-hybridized carbons (Fsp3) is 0.440. The van der Waals surface area contributed by atoms with Crippen molar-refractivity contribution in [3.63, 3.8) is 0 Å². The quantitative estimate of drug-likeness (QED) is 0.345. The van der Waals surface area contributed by atoms with E-state index in [1.54, 1.807) is 22.1 Å². The van der Waals surface area contributed by atoms with Crippen LogP contribution in [0.2, 0.25) is 0 Å². The summed E-state index contributed by atoms with van der Waals surface area (Å²) in [7, 11) is 1.26. The van der Waals surface area contributed by atoms with Crippen LogP contribution in [0.5, 0.6) is 0 Å². The van der Waals surface area contributed by atoms with Crippen molar-refractivity contribution in [1.82, 2.24) is 19.6 Å². The van der Waals surface area contributed by atoms with Gasteiger partial charge in [-0.3, -0.25) is 28.5 Å². The standard InChI is InChI=1S/C25H27N5O5S2/c1-14-7-8-19-27-21(28-10-9-26-22(32)17(28)12-20(31)35-2)16(23(33)29(19)13-14)11-18-24(34)30(25(36)37-18)15-5-3-4-6-15/h7-8,11,13,15,17H,3-6,9-10,12H2,1-2H3,(H,26,32)/b18-11-/t17-/m0/s1. The van der Waals surface area contributed by atoms with E-state index in [9.17, 15) is 19.2 Å². The van der Waals surface area contributed by atoms with Crippen LogP contribution in [0.15, 0.2) is 28.0 Å². The van der Waals surface area contributed by atoms with Crippen molar-refractivity contribution in [2.45, 2.75) is 51.1 Å². The molecule has 1 N–H and O–H groups in total. The Morgan fingerprint density at radius 3 is 2.76 bits per heavy atom. The van der Waals surface area contributed by atoms with Gasteiger partial charge in [0.25, 0.3) is 11.5 Å². The molecule has 1 aliphatic carbocycles. The Bertz CT molecular complexity index is 1400. The van der Waals surface area contributed by atoms with Gasteiger partial charge in [-0.15, -0.1) is 0 Å². The molecule has 2 saturated heterocycles. The van der Waals surface area contributed by atoms with E-state index in [1.807, 2.05) is 13.0 Å². The number of hydrogen-bond donors (Lipinski definition) is 1. The summed E-state index contributed by atoms with van der Waals surface area (Å²) >= 11 is 6.71. The van der Waals surface area contributed by atoms with E-state index in [-0.39, 0.29) is 41.2 Å². The van der Waals surface area contributed by atoms with E-state index >= 15 is 0 Å². The van der Waals surface area contributed by atoms with Crippen LogP contribution in [0, 0.1) is 6.92 Å². The third kappa shape index (κ3) is 4.75. The zero-order valence-corrected chi connectivity index (χ0v) is 22.2. The highest BCUT2D eigenvalue weighted by molar-refractivity contribution is 8.26. The molecular formula is C25H27N5O5S2. The normalized spacial score (nSPS) is 21.8. The van der Waals surface area contributed by atoms with Crippen molar-refractivity contribution in [2.75, 3.05) is 25.1 Å². The summed E-state index contributed by atoms with van der Waals surface area (Å²) in [5.41, 5.74) is 1.05. The highest BCUT2D eigenvalue weighted by atomic mass is 32.2. The van der Waals surface area contributed by atoms with Crippen LogP contribution < -0.4 is 15.8 Å². The van der Waals surface area contributed by atoms with Gasteiger partial charge in [0.15, 0.2) is 0 Å². The monoisotopic (exact) mass is 541 g/mol. The number of nitrogens with zero attached hydrogens (tertiary/aromatic N) is 4. The number of thioether (sulfide) groups is 1. The number of fused-ring (bicyclic) bond motifs is 1. The molecule has 0 radical (unpaired) electrons. The number of anilines is 1. The van der Waals surface area contributed by atoms with E-state index in [0.29, 0.717) is 28.0 Å². The van der Waals surface area contributed by atoms with Crippen LogP contribution in [0.25, 0.3) is 11.7 Å². The van der Waals surface area contributed by atoms with Crippen molar-refractivity contribution in [2.24, 2.45) is 0 Å². The first-order chi connectivity index (χ1) is 17.8. The summed E-state index contributed by atoms with van der Waals surface area (Å²) in [6.45, 7) is 2.51. The predicted octanol–water partition coefficient (Wildman–Crippen LogP) is 2.01. The number of amides is 2. The Labute approximate surface area is 223 Å². The number of ether oxygens (including phenoxy) is 1. The van der Waals surface area contributed by atoms with Gasteiger partial charge in [-0.25, -0.2) is 4.98 Å². The maximum Gasteiger partial charge on any atom is 0.308 e. The van der Waals surface area contributed by atoms with Crippen molar-refractivity contribution in [3.05, 3.63) is 44.7 Å². The van der Waals surface area contributed by atoms with Gasteiger partial charge in [-0.1, -0.05) is 42.9 Å².